The summed E-state index contributed by atoms with van der Waals surface area (Å²) >= 11 is 0. The van der Waals surface area contributed by atoms with E-state index >= 15 is 0 Å². The summed E-state index contributed by atoms with van der Waals surface area (Å²) in [6.07, 6.45) is 1.47. The van der Waals surface area contributed by atoms with Crippen molar-refractivity contribution >= 4 is 11.7 Å². The van der Waals surface area contributed by atoms with Crippen LogP contribution < -0.4 is 4.90 Å². The normalized spacial score (nSPS) is 10.5. The van der Waals surface area contributed by atoms with Crippen LogP contribution in [0, 0.1) is 11.6 Å². The maximum Gasteiger partial charge on any atom is 0.323 e. The zero-order valence-corrected chi connectivity index (χ0v) is 10.7. The predicted molar refractivity (Wildman–Crippen MR) is 67.0 cm³/mol. The van der Waals surface area contributed by atoms with E-state index in [9.17, 15) is 13.6 Å². The predicted octanol–water partition coefficient (Wildman–Crippen LogP) is 2.15. The fourth-order valence-corrected chi connectivity index (χ4v) is 1.77. The second-order valence-electron chi connectivity index (χ2n) is 4.22. The van der Waals surface area contributed by atoms with Crippen LogP contribution in [0.3, 0.4) is 0 Å². The van der Waals surface area contributed by atoms with Crippen LogP contribution in [0.1, 0.15) is 25.3 Å². The molecule has 0 atom stereocenters. The van der Waals surface area contributed by atoms with E-state index in [-0.39, 0.29) is 11.3 Å². The first-order chi connectivity index (χ1) is 8.99. The summed E-state index contributed by atoms with van der Waals surface area (Å²) in [7, 11) is 0. The first-order valence-corrected chi connectivity index (χ1v) is 6.05. The molecule has 1 rings (SSSR count). The van der Waals surface area contributed by atoms with Crippen molar-refractivity contribution in [2.45, 2.75) is 26.4 Å². The van der Waals surface area contributed by atoms with Gasteiger partial charge in [-0.05, 0) is 12.5 Å². The molecule has 0 heterocycles. The van der Waals surface area contributed by atoms with E-state index in [4.69, 9.17) is 10.2 Å². The number of carboxylic acids is 1. The lowest BCUT2D eigenvalue weighted by Gasteiger charge is -2.24. The third-order valence-electron chi connectivity index (χ3n) is 2.71. The molecule has 2 N–H and O–H groups in total. The lowest BCUT2D eigenvalue weighted by Crippen LogP contribution is -2.31. The number of aliphatic hydroxyl groups is 1. The number of halogens is 2. The van der Waals surface area contributed by atoms with Gasteiger partial charge in [-0.15, -0.1) is 0 Å². The molecule has 0 saturated carbocycles. The molecule has 0 aliphatic rings. The Morgan fingerprint density at radius 2 is 2.05 bits per heavy atom. The van der Waals surface area contributed by atoms with Gasteiger partial charge in [0.2, 0.25) is 0 Å². The Bertz CT molecular complexity index is 452. The van der Waals surface area contributed by atoms with Crippen molar-refractivity contribution in [1.29, 1.82) is 0 Å². The second kappa shape index (κ2) is 7.04. The van der Waals surface area contributed by atoms with Gasteiger partial charge in [-0.2, -0.15) is 0 Å². The molecular weight excluding hydrogens is 256 g/mol. The molecule has 0 aliphatic heterocycles. The van der Waals surface area contributed by atoms with Gasteiger partial charge in [0, 0.05) is 18.2 Å². The van der Waals surface area contributed by atoms with Crippen molar-refractivity contribution in [2.75, 3.05) is 18.0 Å². The third kappa shape index (κ3) is 4.17. The summed E-state index contributed by atoms with van der Waals surface area (Å²) in [5.74, 6) is -2.60. The van der Waals surface area contributed by atoms with Crippen LogP contribution in [0.15, 0.2) is 12.1 Å². The molecule has 0 radical (unpaired) electrons. The Hall–Kier alpha value is -1.69. The van der Waals surface area contributed by atoms with Crippen LogP contribution in [0.2, 0.25) is 0 Å². The lowest BCUT2D eigenvalue weighted by molar-refractivity contribution is -0.135. The molecular formula is C13H17F2NO3. The fraction of sp³-hybridized carbons (Fsp3) is 0.462. The Morgan fingerprint density at radius 1 is 1.37 bits per heavy atom. The number of aliphatic carboxylic acids is 1. The number of aliphatic hydroxyl groups excluding tert-OH is 1. The Labute approximate surface area is 110 Å². The fourth-order valence-electron chi connectivity index (χ4n) is 1.77. The topological polar surface area (TPSA) is 60.8 Å². The first kappa shape index (κ1) is 15.4. The molecule has 0 bridgehead atoms. The van der Waals surface area contributed by atoms with Crippen LogP contribution >= 0.6 is 0 Å². The van der Waals surface area contributed by atoms with E-state index in [1.165, 1.54) is 4.90 Å². The first-order valence-electron chi connectivity index (χ1n) is 6.05. The summed E-state index contributed by atoms with van der Waals surface area (Å²) in [6, 6.07) is 1.85. The molecule has 1 aromatic carbocycles. The van der Waals surface area contributed by atoms with Gasteiger partial charge >= 0.3 is 5.97 Å². The number of hydrogen-bond donors (Lipinski definition) is 2. The number of nitrogens with zero attached hydrogens (tertiary/aromatic N) is 1. The molecule has 0 saturated heterocycles. The van der Waals surface area contributed by atoms with Crippen LogP contribution in [0.5, 0.6) is 0 Å². The van der Waals surface area contributed by atoms with Crippen molar-refractivity contribution in [3.8, 4) is 0 Å². The number of benzene rings is 1. The molecule has 106 valence electrons. The van der Waals surface area contributed by atoms with Gasteiger partial charge < -0.3 is 15.1 Å². The highest BCUT2D eigenvalue weighted by molar-refractivity contribution is 5.74. The minimum absolute atomic E-state index is 0.125. The highest BCUT2D eigenvalue weighted by Crippen LogP contribution is 2.24. The highest BCUT2D eigenvalue weighted by Gasteiger charge is 2.18. The molecule has 0 fully saturated rings. The van der Waals surface area contributed by atoms with Crippen molar-refractivity contribution in [3.05, 3.63) is 29.3 Å². The monoisotopic (exact) mass is 273 g/mol. The van der Waals surface area contributed by atoms with Crippen molar-refractivity contribution in [3.63, 3.8) is 0 Å². The maximum absolute atomic E-state index is 14.0. The van der Waals surface area contributed by atoms with Gasteiger partial charge in [-0.25, -0.2) is 8.78 Å². The quantitative estimate of drug-likeness (QED) is 0.799. The summed E-state index contributed by atoms with van der Waals surface area (Å²) in [5.41, 5.74) is -0.304. The molecule has 0 amide bonds. The van der Waals surface area contributed by atoms with Crippen LogP contribution in [0.25, 0.3) is 0 Å². The summed E-state index contributed by atoms with van der Waals surface area (Å²) in [4.78, 5) is 12.1. The molecule has 1 aromatic rings. The highest BCUT2D eigenvalue weighted by atomic mass is 19.1. The SMILES string of the molecule is CCCCN(CC(=O)O)c1cc(F)cc(CO)c1F. The molecule has 0 unspecified atom stereocenters. The van der Waals surface area contributed by atoms with E-state index in [0.717, 1.165) is 18.6 Å². The standard InChI is InChI=1S/C13H17F2NO3/c1-2-3-4-16(7-12(18)19)11-6-10(14)5-9(8-17)13(11)15/h5-6,17H,2-4,7-8H2,1H3,(H,18,19). The van der Waals surface area contributed by atoms with E-state index in [1.54, 1.807) is 0 Å². The Kier molecular flexibility index (Phi) is 5.69. The molecule has 4 nitrogen and oxygen atoms in total. The summed E-state index contributed by atoms with van der Waals surface area (Å²) < 4.78 is 27.4. The lowest BCUT2D eigenvalue weighted by atomic mass is 10.1. The Balaban J connectivity index is 3.12. The van der Waals surface area contributed by atoms with Gasteiger partial charge in [0.1, 0.15) is 12.4 Å². The number of anilines is 1. The number of unbranched alkanes of at least 4 members (excludes halogenated alkanes) is 1. The largest absolute Gasteiger partial charge is 0.480 e. The van der Waals surface area contributed by atoms with Gasteiger partial charge in [0.25, 0.3) is 0 Å². The third-order valence-corrected chi connectivity index (χ3v) is 2.71. The minimum Gasteiger partial charge on any atom is -0.480 e. The van der Waals surface area contributed by atoms with Crippen molar-refractivity contribution in [1.82, 2.24) is 0 Å². The molecule has 0 aromatic heterocycles. The molecule has 6 heteroatoms. The summed E-state index contributed by atoms with van der Waals surface area (Å²) in [5, 5.41) is 17.8. The van der Waals surface area contributed by atoms with Gasteiger partial charge in [0.15, 0.2) is 5.82 Å². The minimum atomic E-state index is -1.12. The zero-order valence-electron chi connectivity index (χ0n) is 10.7. The van der Waals surface area contributed by atoms with Gasteiger partial charge in [-0.1, -0.05) is 13.3 Å². The smallest absolute Gasteiger partial charge is 0.323 e. The van der Waals surface area contributed by atoms with Crippen molar-refractivity contribution < 1.29 is 23.8 Å². The maximum atomic E-state index is 14.0. The molecule has 19 heavy (non-hydrogen) atoms. The van der Waals surface area contributed by atoms with E-state index in [2.05, 4.69) is 0 Å². The average molecular weight is 273 g/mol. The van der Waals surface area contributed by atoms with Gasteiger partial charge in [0.05, 0.1) is 12.3 Å². The van der Waals surface area contributed by atoms with E-state index in [1.807, 2.05) is 6.92 Å². The number of carbonyl (C=O) groups is 1. The van der Waals surface area contributed by atoms with Crippen LogP contribution in [0.4, 0.5) is 14.5 Å². The zero-order chi connectivity index (χ0) is 14.4. The Morgan fingerprint density at radius 3 is 2.58 bits per heavy atom. The number of carboxylic acid groups (broad SMARTS) is 1. The van der Waals surface area contributed by atoms with Crippen molar-refractivity contribution in [2.24, 2.45) is 0 Å². The van der Waals surface area contributed by atoms with Crippen LogP contribution in [-0.2, 0) is 11.4 Å². The summed E-state index contributed by atoms with van der Waals surface area (Å²) in [6.45, 7) is 1.19. The van der Waals surface area contributed by atoms with Gasteiger partial charge in [-0.3, -0.25) is 4.79 Å². The molecule has 0 aliphatic carbocycles. The van der Waals surface area contributed by atoms with Crippen LogP contribution in [-0.4, -0.2) is 29.3 Å². The molecule has 0 spiro atoms. The second-order valence-corrected chi connectivity index (χ2v) is 4.22. The van der Waals surface area contributed by atoms with E-state index in [0.29, 0.717) is 13.0 Å². The average Bonchev–Trinajstić information content (AvgIpc) is 2.36. The van der Waals surface area contributed by atoms with E-state index < -0.39 is 30.8 Å². The number of hydrogen-bond acceptors (Lipinski definition) is 3. The number of rotatable bonds is 7.